The van der Waals surface area contributed by atoms with Crippen LogP contribution in [-0.4, -0.2) is 41.7 Å². The van der Waals surface area contributed by atoms with E-state index in [9.17, 15) is 9.59 Å². The number of oxazole rings is 1. The predicted octanol–water partition coefficient (Wildman–Crippen LogP) is 1.41. The number of hydrogen-bond donors (Lipinski definition) is 2. The van der Waals surface area contributed by atoms with Crippen molar-refractivity contribution in [3.63, 3.8) is 0 Å². The molecule has 0 saturated carbocycles. The van der Waals surface area contributed by atoms with Gasteiger partial charge in [-0.1, -0.05) is 18.2 Å². The molecule has 0 aliphatic carbocycles. The fourth-order valence-corrected chi connectivity index (χ4v) is 2.04. The van der Waals surface area contributed by atoms with Gasteiger partial charge in [-0.25, -0.2) is 9.78 Å². The average Bonchev–Trinajstić information content (AvgIpc) is 2.88. The second-order valence-corrected chi connectivity index (χ2v) is 4.98. The van der Waals surface area contributed by atoms with E-state index in [-0.39, 0.29) is 13.0 Å². The van der Waals surface area contributed by atoms with Gasteiger partial charge in [0.15, 0.2) is 6.04 Å². The van der Waals surface area contributed by atoms with Crippen LogP contribution in [0.15, 0.2) is 34.7 Å². The van der Waals surface area contributed by atoms with Gasteiger partial charge in [0.1, 0.15) is 5.76 Å². The monoisotopic (exact) mass is 318 g/mol. The van der Waals surface area contributed by atoms with Crippen molar-refractivity contribution in [2.75, 3.05) is 13.7 Å². The van der Waals surface area contributed by atoms with Crippen LogP contribution in [0.4, 0.5) is 0 Å². The first kappa shape index (κ1) is 16.7. The molecule has 122 valence electrons. The third-order valence-electron chi connectivity index (χ3n) is 3.21. The van der Waals surface area contributed by atoms with Crippen LogP contribution in [0, 0.1) is 6.92 Å². The lowest BCUT2D eigenvalue weighted by Gasteiger charge is -2.12. The van der Waals surface area contributed by atoms with E-state index in [0.29, 0.717) is 17.3 Å². The Morgan fingerprint density at radius 3 is 2.65 bits per heavy atom. The molecule has 2 N–H and O–H groups in total. The minimum Gasteiger partial charge on any atom is -0.480 e. The minimum absolute atomic E-state index is 0.0599. The molecule has 0 bridgehead atoms. The van der Waals surface area contributed by atoms with E-state index in [4.69, 9.17) is 14.3 Å². The highest BCUT2D eigenvalue weighted by Gasteiger charge is 2.21. The second kappa shape index (κ2) is 7.55. The maximum absolute atomic E-state index is 12.0. The standard InChI is InChI=1S/C16H18N2O5/c1-10-12(8-14(19)17-13(9-22-2)16(20)21)18-15(23-10)11-6-4-3-5-7-11/h3-7,13H,8-9H2,1-2H3,(H,17,19)(H,20,21). The maximum Gasteiger partial charge on any atom is 0.328 e. The summed E-state index contributed by atoms with van der Waals surface area (Å²) in [7, 11) is 1.37. The molecule has 0 spiro atoms. The van der Waals surface area contributed by atoms with Gasteiger partial charge in [0.2, 0.25) is 11.8 Å². The van der Waals surface area contributed by atoms with Crippen molar-refractivity contribution in [1.82, 2.24) is 10.3 Å². The van der Waals surface area contributed by atoms with E-state index < -0.39 is 17.9 Å². The topological polar surface area (TPSA) is 102 Å². The van der Waals surface area contributed by atoms with Gasteiger partial charge in [0.25, 0.3) is 0 Å². The quantitative estimate of drug-likeness (QED) is 0.800. The molecule has 2 aromatic rings. The van der Waals surface area contributed by atoms with E-state index in [2.05, 4.69) is 10.3 Å². The number of aryl methyl sites for hydroxylation is 1. The van der Waals surface area contributed by atoms with E-state index in [0.717, 1.165) is 5.56 Å². The first-order chi connectivity index (χ1) is 11.0. The Hall–Kier alpha value is -2.67. The molecule has 1 atom stereocenters. The Bertz CT molecular complexity index is 681. The van der Waals surface area contributed by atoms with Crippen molar-refractivity contribution in [2.45, 2.75) is 19.4 Å². The van der Waals surface area contributed by atoms with E-state index in [1.54, 1.807) is 6.92 Å². The van der Waals surface area contributed by atoms with Crippen LogP contribution in [0.2, 0.25) is 0 Å². The van der Waals surface area contributed by atoms with Gasteiger partial charge in [-0.3, -0.25) is 4.79 Å². The van der Waals surface area contributed by atoms with E-state index >= 15 is 0 Å². The minimum atomic E-state index is -1.15. The fourth-order valence-electron chi connectivity index (χ4n) is 2.04. The van der Waals surface area contributed by atoms with Crippen LogP contribution in [0.25, 0.3) is 11.5 Å². The smallest absolute Gasteiger partial charge is 0.328 e. The van der Waals surface area contributed by atoms with Gasteiger partial charge < -0.3 is 19.6 Å². The van der Waals surface area contributed by atoms with Crippen LogP contribution in [-0.2, 0) is 20.7 Å². The summed E-state index contributed by atoms with van der Waals surface area (Å²) in [4.78, 5) is 27.3. The number of benzene rings is 1. The fraction of sp³-hybridized carbons (Fsp3) is 0.312. The lowest BCUT2D eigenvalue weighted by Crippen LogP contribution is -2.44. The number of methoxy groups -OCH3 is 1. The molecule has 7 heteroatoms. The second-order valence-electron chi connectivity index (χ2n) is 4.98. The molecule has 0 aliphatic heterocycles. The summed E-state index contributed by atoms with van der Waals surface area (Å²) in [6.45, 7) is 1.61. The van der Waals surface area contributed by atoms with Crippen molar-refractivity contribution in [2.24, 2.45) is 0 Å². The molecule has 1 heterocycles. The molecule has 2 rings (SSSR count). The number of rotatable bonds is 7. The average molecular weight is 318 g/mol. The third-order valence-corrected chi connectivity index (χ3v) is 3.21. The van der Waals surface area contributed by atoms with Crippen molar-refractivity contribution >= 4 is 11.9 Å². The molecule has 7 nitrogen and oxygen atoms in total. The molecule has 1 unspecified atom stereocenters. The number of carbonyl (C=O) groups is 2. The number of nitrogens with one attached hydrogen (secondary N) is 1. The van der Waals surface area contributed by atoms with Gasteiger partial charge in [-0.2, -0.15) is 0 Å². The maximum atomic E-state index is 12.0. The number of carboxylic acid groups (broad SMARTS) is 1. The Morgan fingerprint density at radius 1 is 1.35 bits per heavy atom. The molecular formula is C16H18N2O5. The van der Waals surface area contributed by atoms with Crippen molar-refractivity contribution in [3.8, 4) is 11.5 Å². The Kier molecular flexibility index (Phi) is 5.48. The van der Waals surface area contributed by atoms with Gasteiger partial charge in [0.05, 0.1) is 18.7 Å². The molecule has 1 amide bonds. The Labute approximate surface area is 133 Å². The van der Waals surface area contributed by atoms with Crippen LogP contribution in [0.3, 0.4) is 0 Å². The lowest BCUT2D eigenvalue weighted by atomic mass is 10.2. The van der Waals surface area contributed by atoms with E-state index in [1.165, 1.54) is 7.11 Å². The molecule has 0 saturated heterocycles. The first-order valence-electron chi connectivity index (χ1n) is 7.04. The van der Waals surface area contributed by atoms with Crippen molar-refractivity contribution in [1.29, 1.82) is 0 Å². The summed E-state index contributed by atoms with van der Waals surface area (Å²) in [5, 5.41) is 11.4. The summed E-state index contributed by atoms with van der Waals surface area (Å²) < 4.78 is 10.3. The Balaban J connectivity index is 2.07. The first-order valence-corrected chi connectivity index (χ1v) is 7.04. The van der Waals surface area contributed by atoms with Crippen LogP contribution >= 0.6 is 0 Å². The normalized spacial score (nSPS) is 11.9. The molecule has 1 aromatic carbocycles. The molecule has 0 aliphatic rings. The largest absolute Gasteiger partial charge is 0.480 e. The van der Waals surface area contributed by atoms with Gasteiger partial charge in [-0.05, 0) is 19.1 Å². The molecule has 0 fully saturated rings. The molecule has 23 heavy (non-hydrogen) atoms. The van der Waals surface area contributed by atoms with Crippen molar-refractivity contribution in [3.05, 3.63) is 41.8 Å². The number of carbonyl (C=O) groups excluding carboxylic acids is 1. The predicted molar refractivity (Wildman–Crippen MR) is 81.8 cm³/mol. The highest BCUT2D eigenvalue weighted by atomic mass is 16.5. The number of carboxylic acids is 1. The summed E-state index contributed by atoms with van der Waals surface area (Å²) in [5.41, 5.74) is 1.29. The molecule has 1 aromatic heterocycles. The van der Waals surface area contributed by atoms with E-state index in [1.807, 2.05) is 30.3 Å². The highest BCUT2D eigenvalue weighted by Crippen LogP contribution is 2.21. The van der Waals surface area contributed by atoms with Gasteiger partial charge in [0, 0.05) is 12.7 Å². The number of aromatic nitrogens is 1. The summed E-state index contributed by atoms with van der Waals surface area (Å²) in [6, 6.07) is 8.23. The molecular weight excluding hydrogens is 300 g/mol. The highest BCUT2D eigenvalue weighted by molar-refractivity contribution is 5.84. The van der Waals surface area contributed by atoms with Crippen LogP contribution in [0.1, 0.15) is 11.5 Å². The summed E-state index contributed by atoms with van der Waals surface area (Å²) in [6.07, 6.45) is -0.0599. The van der Waals surface area contributed by atoms with Crippen LogP contribution in [0.5, 0.6) is 0 Å². The number of hydrogen-bond acceptors (Lipinski definition) is 5. The van der Waals surface area contributed by atoms with Gasteiger partial charge in [-0.15, -0.1) is 0 Å². The third kappa shape index (κ3) is 4.40. The SMILES string of the molecule is COCC(NC(=O)Cc1nc(-c2ccccc2)oc1C)C(=O)O. The van der Waals surface area contributed by atoms with Crippen LogP contribution < -0.4 is 5.32 Å². The number of ether oxygens (including phenoxy) is 1. The number of amides is 1. The van der Waals surface area contributed by atoms with Crippen molar-refractivity contribution < 1.29 is 23.8 Å². The Morgan fingerprint density at radius 2 is 2.04 bits per heavy atom. The molecule has 0 radical (unpaired) electrons. The zero-order chi connectivity index (χ0) is 16.8. The number of nitrogens with zero attached hydrogens (tertiary/aromatic N) is 1. The van der Waals surface area contributed by atoms with Gasteiger partial charge >= 0.3 is 5.97 Å². The lowest BCUT2D eigenvalue weighted by molar-refractivity contribution is -0.143. The number of aliphatic carboxylic acids is 1. The summed E-state index contributed by atoms with van der Waals surface area (Å²) >= 11 is 0. The summed E-state index contributed by atoms with van der Waals surface area (Å²) in [5.74, 6) is -0.650. The zero-order valence-electron chi connectivity index (χ0n) is 12.9. The zero-order valence-corrected chi connectivity index (χ0v) is 12.9.